The van der Waals surface area contributed by atoms with E-state index in [1.807, 2.05) is 79.7 Å². The Bertz CT molecular complexity index is 786. The van der Waals surface area contributed by atoms with Gasteiger partial charge in [-0.3, -0.25) is 4.79 Å². The van der Waals surface area contributed by atoms with Crippen molar-refractivity contribution in [1.82, 2.24) is 5.43 Å². The maximum absolute atomic E-state index is 12.7. The summed E-state index contributed by atoms with van der Waals surface area (Å²) in [5.74, 6) is -0.522. The van der Waals surface area contributed by atoms with Crippen LogP contribution in [0.15, 0.2) is 77.9 Å². The highest BCUT2D eigenvalue weighted by Gasteiger charge is 2.22. The van der Waals surface area contributed by atoms with Crippen molar-refractivity contribution >= 4 is 23.5 Å². The Kier molecular flexibility index (Phi) is 5.18. The minimum atomic E-state index is -0.380. The summed E-state index contributed by atoms with van der Waals surface area (Å²) in [6.07, 6.45) is 1.68. The molecule has 0 atom stereocenters. The van der Waals surface area contributed by atoms with Gasteiger partial charge in [0.2, 0.25) is 0 Å². The number of rotatable bonds is 5. The van der Waals surface area contributed by atoms with Crippen LogP contribution in [0.1, 0.15) is 26.8 Å². The summed E-state index contributed by atoms with van der Waals surface area (Å²) in [6.45, 7) is 2.04. The first kappa shape index (κ1) is 16.1. The number of carbonyl (C=O) groups is 1. The number of hydrogen-bond donors (Lipinski definition) is 1. The van der Waals surface area contributed by atoms with E-state index in [1.54, 1.807) is 17.6 Å². The first-order valence-electron chi connectivity index (χ1n) is 7.73. The smallest absolute Gasteiger partial charge is 0.252 e. The number of carbonyl (C=O) groups excluding carboxylic acids is 1. The number of benzene rings is 2. The van der Waals surface area contributed by atoms with Crippen molar-refractivity contribution in [3.63, 3.8) is 0 Å². The molecule has 0 fully saturated rings. The molecule has 0 saturated heterocycles. The SMILES string of the molecule is Cc1ccc(/C=N/NC(=O)C(c2ccccc2)c2ccccc2)s1. The lowest BCUT2D eigenvalue weighted by atomic mass is 9.91. The van der Waals surface area contributed by atoms with Crippen molar-refractivity contribution in [1.29, 1.82) is 0 Å². The molecule has 1 heterocycles. The molecule has 1 N–H and O–H groups in total. The van der Waals surface area contributed by atoms with Crippen LogP contribution in [0, 0.1) is 6.92 Å². The molecule has 4 heteroatoms. The fourth-order valence-electron chi connectivity index (χ4n) is 2.53. The van der Waals surface area contributed by atoms with Gasteiger partial charge >= 0.3 is 0 Å². The van der Waals surface area contributed by atoms with Gasteiger partial charge in [0.1, 0.15) is 0 Å². The zero-order valence-electron chi connectivity index (χ0n) is 13.3. The molecule has 0 aliphatic rings. The van der Waals surface area contributed by atoms with Crippen LogP contribution in [0.2, 0.25) is 0 Å². The number of thiophene rings is 1. The number of nitrogens with zero attached hydrogens (tertiary/aromatic N) is 1. The molecule has 3 aromatic rings. The third-order valence-corrected chi connectivity index (χ3v) is 4.59. The molecule has 1 aromatic heterocycles. The van der Waals surface area contributed by atoms with Gasteiger partial charge in [0.25, 0.3) is 5.91 Å². The summed E-state index contributed by atoms with van der Waals surface area (Å²) in [4.78, 5) is 15.0. The summed E-state index contributed by atoms with van der Waals surface area (Å²) in [6, 6.07) is 23.5. The van der Waals surface area contributed by atoms with Crippen molar-refractivity contribution < 1.29 is 4.79 Å². The third-order valence-electron chi connectivity index (χ3n) is 3.66. The van der Waals surface area contributed by atoms with Crippen LogP contribution >= 0.6 is 11.3 Å². The van der Waals surface area contributed by atoms with Gasteiger partial charge in [0.05, 0.1) is 12.1 Å². The summed E-state index contributed by atoms with van der Waals surface area (Å²) in [5.41, 5.74) is 4.57. The molecule has 0 spiro atoms. The van der Waals surface area contributed by atoms with E-state index in [-0.39, 0.29) is 11.8 Å². The lowest BCUT2D eigenvalue weighted by Gasteiger charge is -2.16. The maximum Gasteiger partial charge on any atom is 0.252 e. The Labute approximate surface area is 145 Å². The van der Waals surface area contributed by atoms with E-state index in [1.165, 1.54) is 4.88 Å². The van der Waals surface area contributed by atoms with Gasteiger partial charge in [0.15, 0.2) is 0 Å². The number of hydrogen-bond acceptors (Lipinski definition) is 3. The minimum Gasteiger partial charge on any atom is -0.272 e. The van der Waals surface area contributed by atoms with E-state index in [0.717, 1.165) is 16.0 Å². The van der Waals surface area contributed by atoms with E-state index in [0.29, 0.717) is 0 Å². The number of amides is 1. The van der Waals surface area contributed by atoms with E-state index >= 15 is 0 Å². The molecular weight excluding hydrogens is 316 g/mol. The largest absolute Gasteiger partial charge is 0.272 e. The number of nitrogens with one attached hydrogen (secondary N) is 1. The molecule has 0 aliphatic carbocycles. The third kappa shape index (κ3) is 3.97. The summed E-state index contributed by atoms with van der Waals surface area (Å²) >= 11 is 1.64. The monoisotopic (exact) mass is 334 g/mol. The van der Waals surface area contributed by atoms with Gasteiger partial charge < -0.3 is 0 Å². The van der Waals surface area contributed by atoms with Crippen LogP contribution in [0.3, 0.4) is 0 Å². The van der Waals surface area contributed by atoms with Gasteiger partial charge in [-0.1, -0.05) is 60.7 Å². The average Bonchev–Trinajstić information content (AvgIpc) is 3.02. The fraction of sp³-hybridized carbons (Fsp3) is 0.100. The summed E-state index contributed by atoms with van der Waals surface area (Å²) in [5, 5.41) is 4.11. The predicted molar refractivity (Wildman–Crippen MR) is 99.5 cm³/mol. The number of aryl methyl sites for hydroxylation is 1. The topological polar surface area (TPSA) is 41.5 Å². The lowest BCUT2D eigenvalue weighted by Crippen LogP contribution is -2.26. The zero-order chi connectivity index (χ0) is 16.8. The highest BCUT2D eigenvalue weighted by Crippen LogP contribution is 2.24. The second kappa shape index (κ2) is 7.70. The molecule has 0 unspecified atom stereocenters. The first-order chi connectivity index (χ1) is 11.7. The van der Waals surface area contributed by atoms with Crippen LogP contribution in [0.25, 0.3) is 0 Å². The fourth-order valence-corrected chi connectivity index (χ4v) is 3.28. The van der Waals surface area contributed by atoms with Crippen molar-refractivity contribution in [3.8, 4) is 0 Å². The predicted octanol–water partition coefficient (Wildman–Crippen LogP) is 4.34. The Morgan fingerprint density at radius 3 is 2.04 bits per heavy atom. The van der Waals surface area contributed by atoms with Crippen molar-refractivity contribution in [3.05, 3.63) is 93.7 Å². The molecule has 0 saturated carbocycles. The standard InChI is InChI=1S/C20H18N2OS/c1-15-12-13-18(24-15)14-21-22-20(23)19(16-8-4-2-5-9-16)17-10-6-3-7-11-17/h2-14,19H,1H3,(H,22,23)/b21-14+. The van der Waals surface area contributed by atoms with Crippen LogP contribution in [-0.4, -0.2) is 12.1 Å². The van der Waals surface area contributed by atoms with Gasteiger partial charge in [-0.25, -0.2) is 5.43 Å². The van der Waals surface area contributed by atoms with Gasteiger partial charge in [-0.15, -0.1) is 11.3 Å². The van der Waals surface area contributed by atoms with Crippen molar-refractivity contribution in [2.75, 3.05) is 0 Å². The Balaban J connectivity index is 1.80. The Morgan fingerprint density at radius 2 is 1.54 bits per heavy atom. The van der Waals surface area contributed by atoms with Crippen molar-refractivity contribution in [2.24, 2.45) is 5.10 Å². The Morgan fingerprint density at radius 1 is 0.958 bits per heavy atom. The number of hydrazone groups is 1. The molecule has 1 amide bonds. The molecule has 24 heavy (non-hydrogen) atoms. The molecule has 3 rings (SSSR count). The first-order valence-corrected chi connectivity index (χ1v) is 8.55. The molecule has 3 nitrogen and oxygen atoms in total. The van der Waals surface area contributed by atoms with Crippen molar-refractivity contribution in [2.45, 2.75) is 12.8 Å². The van der Waals surface area contributed by atoms with Crippen LogP contribution in [-0.2, 0) is 4.79 Å². The van der Waals surface area contributed by atoms with E-state index < -0.39 is 0 Å². The highest BCUT2D eigenvalue weighted by molar-refractivity contribution is 7.13. The van der Waals surface area contributed by atoms with Crippen LogP contribution in [0.4, 0.5) is 0 Å². The summed E-state index contributed by atoms with van der Waals surface area (Å²) in [7, 11) is 0. The minimum absolute atomic E-state index is 0.142. The molecule has 0 radical (unpaired) electrons. The molecule has 120 valence electrons. The maximum atomic E-state index is 12.7. The van der Waals surface area contributed by atoms with E-state index in [9.17, 15) is 4.79 Å². The summed E-state index contributed by atoms with van der Waals surface area (Å²) < 4.78 is 0. The molecule has 2 aromatic carbocycles. The Hall–Kier alpha value is -2.72. The van der Waals surface area contributed by atoms with Crippen LogP contribution in [0.5, 0.6) is 0 Å². The quantitative estimate of drug-likeness (QED) is 0.547. The second-order valence-electron chi connectivity index (χ2n) is 5.44. The lowest BCUT2D eigenvalue weighted by molar-refractivity contribution is -0.121. The molecular formula is C20H18N2OS. The van der Waals surface area contributed by atoms with Crippen LogP contribution < -0.4 is 5.43 Å². The second-order valence-corrected chi connectivity index (χ2v) is 6.76. The van der Waals surface area contributed by atoms with E-state index in [4.69, 9.17) is 0 Å². The molecule has 0 aliphatic heterocycles. The van der Waals surface area contributed by atoms with Gasteiger partial charge in [-0.05, 0) is 30.2 Å². The zero-order valence-corrected chi connectivity index (χ0v) is 14.2. The highest BCUT2D eigenvalue weighted by atomic mass is 32.1. The average molecular weight is 334 g/mol. The van der Waals surface area contributed by atoms with Gasteiger partial charge in [0, 0.05) is 9.75 Å². The molecule has 0 bridgehead atoms. The normalized spacial score (nSPS) is 11.1. The van der Waals surface area contributed by atoms with E-state index in [2.05, 4.69) is 10.5 Å². The van der Waals surface area contributed by atoms with Gasteiger partial charge in [-0.2, -0.15) is 5.10 Å².